The van der Waals surface area contributed by atoms with Crippen LogP contribution in [-0.2, 0) is 22.7 Å². The van der Waals surface area contributed by atoms with Gasteiger partial charge in [-0.15, -0.1) is 0 Å². The Labute approximate surface area is 86.0 Å². The van der Waals surface area contributed by atoms with Gasteiger partial charge < -0.3 is 19.4 Å². The second-order valence-corrected chi connectivity index (χ2v) is 6.19. The molecule has 1 heterocycles. The highest BCUT2D eigenvalue weighted by atomic mass is 31.3. The van der Waals surface area contributed by atoms with E-state index < -0.39 is 15.6 Å². The maximum Gasteiger partial charge on any atom is 0.481 e. The van der Waals surface area contributed by atoms with Crippen molar-refractivity contribution in [2.45, 2.75) is 18.9 Å². The zero-order valence-corrected chi connectivity index (χ0v) is 9.69. The first-order valence-corrected chi connectivity index (χ1v) is 7.03. The molecular weight excluding hydrogens is 250 g/mol. The Bertz CT molecular complexity index is 317. The van der Waals surface area contributed by atoms with Crippen molar-refractivity contribution in [1.29, 1.82) is 0 Å². The van der Waals surface area contributed by atoms with E-state index >= 15 is 0 Å². The van der Waals surface area contributed by atoms with Crippen LogP contribution in [0.5, 0.6) is 0 Å². The van der Waals surface area contributed by atoms with E-state index in [2.05, 4.69) is 8.83 Å². The first-order chi connectivity index (χ1) is 6.62. The summed E-state index contributed by atoms with van der Waals surface area (Å²) in [6.45, 7) is 2.14. The minimum Gasteiger partial charge on any atom is -0.370 e. The number of epoxide rings is 1. The minimum atomic E-state index is -5.02. The second kappa shape index (κ2) is 4.24. The molecule has 10 heteroatoms. The van der Waals surface area contributed by atoms with Crippen LogP contribution in [0.15, 0.2) is 0 Å². The third-order valence-corrected chi connectivity index (χ3v) is 3.92. The van der Waals surface area contributed by atoms with Crippen LogP contribution >= 0.6 is 15.6 Å². The third kappa shape index (κ3) is 5.75. The molecule has 15 heavy (non-hydrogen) atoms. The van der Waals surface area contributed by atoms with Crippen molar-refractivity contribution in [1.82, 2.24) is 0 Å². The van der Waals surface area contributed by atoms with E-state index in [9.17, 15) is 9.13 Å². The summed E-state index contributed by atoms with van der Waals surface area (Å²) in [5, 5.41) is 0. The molecule has 1 aliphatic heterocycles. The van der Waals surface area contributed by atoms with Crippen LogP contribution in [0.25, 0.3) is 0 Å². The summed E-state index contributed by atoms with van der Waals surface area (Å²) >= 11 is 0. The SMILES string of the molecule is CC1(CCOP(=O)(O)OP(=O)(O)O)CO1. The average molecular weight is 262 g/mol. The first kappa shape index (κ1) is 13.3. The summed E-state index contributed by atoms with van der Waals surface area (Å²) < 4.78 is 34.0. The maximum atomic E-state index is 10.9. The van der Waals surface area contributed by atoms with Crippen LogP contribution in [0, 0.1) is 0 Å². The Morgan fingerprint density at radius 2 is 1.93 bits per heavy atom. The number of phosphoric acid groups is 2. The quantitative estimate of drug-likeness (QED) is 0.463. The molecule has 3 N–H and O–H groups in total. The van der Waals surface area contributed by atoms with Crippen LogP contribution in [0.4, 0.5) is 0 Å². The zero-order valence-electron chi connectivity index (χ0n) is 7.90. The van der Waals surface area contributed by atoms with Gasteiger partial charge in [0.2, 0.25) is 0 Å². The molecule has 1 saturated heterocycles. The largest absolute Gasteiger partial charge is 0.481 e. The van der Waals surface area contributed by atoms with Gasteiger partial charge in [0.25, 0.3) is 0 Å². The molecule has 1 rings (SSSR count). The fourth-order valence-corrected chi connectivity index (χ4v) is 2.39. The topological polar surface area (TPSA) is 126 Å². The fraction of sp³-hybridized carbons (Fsp3) is 1.00. The maximum absolute atomic E-state index is 10.9. The van der Waals surface area contributed by atoms with Crippen molar-refractivity contribution >= 4 is 15.6 Å². The van der Waals surface area contributed by atoms with E-state index in [-0.39, 0.29) is 12.2 Å². The molecule has 0 aliphatic carbocycles. The minimum absolute atomic E-state index is 0.176. The normalized spacial score (nSPS) is 29.9. The molecule has 0 aromatic rings. The Kier molecular flexibility index (Phi) is 3.75. The van der Waals surface area contributed by atoms with E-state index in [1.165, 1.54) is 0 Å². The summed E-state index contributed by atoms with van der Waals surface area (Å²) in [5.41, 5.74) is -0.359. The highest BCUT2D eigenvalue weighted by molar-refractivity contribution is 7.60. The summed E-state index contributed by atoms with van der Waals surface area (Å²) in [6.07, 6.45) is 0.349. The number of rotatable bonds is 6. The highest BCUT2D eigenvalue weighted by Crippen LogP contribution is 2.57. The number of ether oxygens (including phenoxy) is 1. The molecule has 1 fully saturated rings. The van der Waals surface area contributed by atoms with Crippen LogP contribution in [-0.4, -0.2) is 33.5 Å². The van der Waals surface area contributed by atoms with Crippen molar-refractivity contribution in [2.24, 2.45) is 0 Å². The van der Waals surface area contributed by atoms with Crippen molar-refractivity contribution in [3.8, 4) is 0 Å². The number of hydrogen-bond donors (Lipinski definition) is 3. The van der Waals surface area contributed by atoms with Gasteiger partial charge in [0, 0.05) is 6.42 Å². The summed E-state index contributed by atoms with van der Waals surface area (Å²) in [4.78, 5) is 25.4. The van der Waals surface area contributed by atoms with Gasteiger partial charge in [-0.1, -0.05) is 0 Å². The lowest BCUT2D eigenvalue weighted by molar-refractivity contribution is 0.163. The monoisotopic (exact) mass is 262 g/mol. The molecule has 2 unspecified atom stereocenters. The molecule has 0 aromatic carbocycles. The Hall–Kier alpha value is 0.220. The van der Waals surface area contributed by atoms with Gasteiger partial charge in [0.15, 0.2) is 0 Å². The standard InChI is InChI=1S/C5H12O8P2/c1-5(4-11-5)2-3-12-15(9,10)13-14(6,7)8/h2-4H2,1H3,(H,9,10)(H2,6,7,8). The fourth-order valence-electron chi connectivity index (χ4n) is 0.802. The van der Waals surface area contributed by atoms with Crippen LogP contribution in [0.2, 0.25) is 0 Å². The lowest BCUT2D eigenvalue weighted by Crippen LogP contribution is -2.08. The molecule has 0 bridgehead atoms. The Morgan fingerprint density at radius 1 is 1.40 bits per heavy atom. The summed E-state index contributed by atoms with van der Waals surface area (Å²) in [7, 11) is -9.71. The van der Waals surface area contributed by atoms with Crippen molar-refractivity contribution < 1.29 is 37.4 Å². The van der Waals surface area contributed by atoms with Crippen LogP contribution in [0.1, 0.15) is 13.3 Å². The van der Waals surface area contributed by atoms with Crippen LogP contribution < -0.4 is 0 Å². The second-order valence-electron chi connectivity index (χ2n) is 3.36. The van der Waals surface area contributed by atoms with Gasteiger partial charge >= 0.3 is 15.6 Å². The van der Waals surface area contributed by atoms with Crippen LogP contribution in [0.3, 0.4) is 0 Å². The van der Waals surface area contributed by atoms with E-state index in [1.807, 2.05) is 0 Å². The van der Waals surface area contributed by atoms with Gasteiger partial charge in [-0.2, -0.15) is 4.31 Å². The number of hydrogen-bond acceptors (Lipinski definition) is 5. The molecular formula is C5H12O8P2. The highest BCUT2D eigenvalue weighted by Gasteiger charge is 2.40. The van der Waals surface area contributed by atoms with E-state index in [0.717, 1.165) is 0 Å². The molecule has 0 spiro atoms. The van der Waals surface area contributed by atoms with E-state index in [1.54, 1.807) is 6.92 Å². The van der Waals surface area contributed by atoms with Crippen molar-refractivity contribution in [3.05, 3.63) is 0 Å². The van der Waals surface area contributed by atoms with Crippen molar-refractivity contribution in [3.63, 3.8) is 0 Å². The third-order valence-electron chi connectivity index (χ3n) is 1.73. The summed E-state index contributed by atoms with van der Waals surface area (Å²) in [5.74, 6) is 0. The lowest BCUT2D eigenvalue weighted by atomic mass is 10.1. The molecule has 0 aromatic heterocycles. The Morgan fingerprint density at radius 3 is 2.33 bits per heavy atom. The molecule has 1 aliphatic rings. The summed E-state index contributed by atoms with van der Waals surface area (Å²) in [6, 6.07) is 0. The predicted octanol–water partition coefficient (Wildman–Crippen LogP) is 0.392. The van der Waals surface area contributed by atoms with E-state index in [4.69, 9.17) is 19.4 Å². The van der Waals surface area contributed by atoms with Gasteiger partial charge in [-0.3, -0.25) is 4.52 Å². The van der Waals surface area contributed by atoms with Gasteiger partial charge in [0.1, 0.15) is 0 Å². The van der Waals surface area contributed by atoms with Crippen molar-refractivity contribution in [2.75, 3.05) is 13.2 Å². The molecule has 90 valence electrons. The first-order valence-electron chi connectivity index (χ1n) is 4.00. The zero-order chi connectivity index (χ0) is 11.7. The average Bonchev–Trinajstić information content (AvgIpc) is 2.61. The lowest BCUT2D eigenvalue weighted by Gasteiger charge is -2.12. The predicted molar refractivity (Wildman–Crippen MR) is 47.9 cm³/mol. The Balaban J connectivity index is 2.30. The van der Waals surface area contributed by atoms with Gasteiger partial charge in [-0.05, 0) is 6.92 Å². The smallest absolute Gasteiger partial charge is 0.370 e. The number of phosphoric ester groups is 1. The molecule has 0 amide bonds. The van der Waals surface area contributed by atoms with Gasteiger partial charge in [-0.25, -0.2) is 9.13 Å². The molecule has 0 saturated carbocycles. The molecule has 0 radical (unpaired) electrons. The molecule has 2 atom stereocenters. The van der Waals surface area contributed by atoms with E-state index in [0.29, 0.717) is 13.0 Å². The molecule has 8 nitrogen and oxygen atoms in total. The van der Waals surface area contributed by atoms with Gasteiger partial charge in [0.05, 0.1) is 18.8 Å².